The van der Waals surface area contributed by atoms with Crippen molar-refractivity contribution in [1.29, 1.82) is 0 Å². The highest BCUT2D eigenvalue weighted by atomic mass is 16.2. The molecule has 96 valence electrons. The highest BCUT2D eigenvalue weighted by Crippen LogP contribution is 2.08. The van der Waals surface area contributed by atoms with Gasteiger partial charge in [0.25, 0.3) is 0 Å². The lowest BCUT2D eigenvalue weighted by Crippen LogP contribution is -2.44. The van der Waals surface area contributed by atoms with Gasteiger partial charge in [-0.1, -0.05) is 13.8 Å². The molecule has 0 spiro atoms. The third-order valence-corrected chi connectivity index (χ3v) is 2.97. The average molecular weight is 239 g/mol. The van der Waals surface area contributed by atoms with Crippen LogP contribution in [0.4, 0.5) is 0 Å². The van der Waals surface area contributed by atoms with Crippen molar-refractivity contribution in [1.82, 2.24) is 10.3 Å². The quantitative estimate of drug-likeness (QED) is 0.458. The van der Waals surface area contributed by atoms with Crippen LogP contribution in [0.5, 0.6) is 0 Å². The van der Waals surface area contributed by atoms with Crippen LogP contribution in [0.2, 0.25) is 0 Å². The topological polar surface area (TPSA) is 61.8 Å². The molecular formula is C12H21N3O2. The molecule has 0 aromatic heterocycles. The molecule has 0 aliphatic carbocycles. The van der Waals surface area contributed by atoms with Gasteiger partial charge in [0, 0.05) is 18.8 Å². The first-order valence-corrected chi connectivity index (χ1v) is 6.33. The number of nitrogens with zero attached hydrogens (tertiary/aromatic N) is 2. The van der Waals surface area contributed by atoms with Gasteiger partial charge < -0.3 is 4.90 Å². The summed E-state index contributed by atoms with van der Waals surface area (Å²) in [6, 6.07) is 0. The van der Waals surface area contributed by atoms with E-state index in [-0.39, 0.29) is 0 Å². The Labute approximate surface area is 102 Å². The molecule has 0 unspecified atom stereocenters. The number of hydrogen-bond acceptors (Lipinski definition) is 3. The van der Waals surface area contributed by atoms with Crippen LogP contribution in [0.3, 0.4) is 0 Å². The number of rotatable bonds is 3. The first-order chi connectivity index (χ1) is 8.19. The van der Waals surface area contributed by atoms with Gasteiger partial charge in [0.2, 0.25) is 0 Å². The molecule has 0 saturated carbocycles. The predicted molar refractivity (Wildman–Crippen MR) is 66.6 cm³/mol. The van der Waals surface area contributed by atoms with E-state index in [4.69, 9.17) is 0 Å². The van der Waals surface area contributed by atoms with E-state index < -0.39 is 11.8 Å². The van der Waals surface area contributed by atoms with Crippen LogP contribution >= 0.6 is 0 Å². The molecule has 0 aromatic carbocycles. The second-order valence-electron chi connectivity index (χ2n) is 4.18. The molecular weight excluding hydrogens is 218 g/mol. The van der Waals surface area contributed by atoms with Crippen molar-refractivity contribution in [2.24, 2.45) is 5.10 Å². The monoisotopic (exact) mass is 239 g/mol. The van der Waals surface area contributed by atoms with Gasteiger partial charge in [-0.3, -0.25) is 9.59 Å². The fraction of sp³-hybridized carbons (Fsp3) is 0.750. The normalized spacial score (nSPS) is 15.3. The highest BCUT2D eigenvalue weighted by molar-refractivity contribution is 6.35. The van der Waals surface area contributed by atoms with E-state index in [2.05, 4.69) is 10.5 Å². The molecule has 1 fully saturated rings. The maximum atomic E-state index is 11.7. The van der Waals surface area contributed by atoms with Crippen LogP contribution in [-0.2, 0) is 9.59 Å². The Balaban J connectivity index is 2.46. The van der Waals surface area contributed by atoms with Crippen molar-refractivity contribution in [3.05, 3.63) is 0 Å². The fourth-order valence-electron chi connectivity index (χ4n) is 1.83. The number of carbonyl (C=O) groups excluding carboxylic acids is 2. The lowest BCUT2D eigenvalue weighted by Gasteiger charge is -2.25. The van der Waals surface area contributed by atoms with Gasteiger partial charge in [0.05, 0.1) is 0 Å². The van der Waals surface area contributed by atoms with Gasteiger partial charge in [0.15, 0.2) is 0 Å². The average Bonchev–Trinajstić information content (AvgIpc) is 2.39. The van der Waals surface area contributed by atoms with Crippen LogP contribution in [0, 0.1) is 0 Å². The van der Waals surface area contributed by atoms with Gasteiger partial charge in [0.1, 0.15) is 0 Å². The van der Waals surface area contributed by atoms with Gasteiger partial charge in [-0.2, -0.15) is 5.10 Å². The number of piperidine rings is 1. The molecule has 1 aliphatic heterocycles. The summed E-state index contributed by atoms with van der Waals surface area (Å²) in [4.78, 5) is 24.9. The zero-order chi connectivity index (χ0) is 12.7. The van der Waals surface area contributed by atoms with E-state index in [0.29, 0.717) is 13.1 Å². The molecule has 1 saturated heterocycles. The van der Waals surface area contributed by atoms with Gasteiger partial charge in [-0.25, -0.2) is 5.43 Å². The minimum Gasteiger partial charge on any atom is -0.334 e. The van der Waals surface area contributed by atoms with Gasteiger partial charge >= 0.3 is 11.8 Å². The summed E-state index contributed by atoms with van der Waals surface area (Å²) in [6.45, 7) is 5.32. The summed E-state index contributed by atoms with van der Waals surface area (Å²) in [5.74, 6) is -1.08. The molecule has 5 heteroatoms. The van der Waals surface area contributed by atoms with Gasteiger partial charge in [-0.15, -0.1) is 0 Å². The summed E-state index contributed by atoms with van der Waals surface area (Å²) in [6.07, 6.45) is 4.68. The minimum absolute atomic E-state index is 0.458. The lowest BCUT2D eigenvalue weighted by molar-refractivity contribution is -0.146. The Hall–Kier alpha value is -1.39. The number of likely N-dealkylation sites (tertiary alicyclic amines) is 1. The van der Waals surface area contributed by atoms with Crippen molar-refractivity contribution >= 4 is 17.5 Å². The second kappa shape index (κ2) is 7.04. The number of hydrazone groups is 1. The molecule has 0 aromatic rings. The van der Waals surface area contributed by atoms with Crippen LogP contribution in [0.1, 0.15) is 46.0 Å². The van der Waals surface area contributed by atoms with Crippen molar-refractivity contribution in [2.45, 2.75) is 46.0 Å². The third-order valence-electron chi connectivity index (χ3n) is 2.97. The van der Waals surface area contributed by atoms with Crippen molar-refractivity contribution in [2.75, 3.05) is 13.1 Å². The predicted octanol–water partition coefficient (Wildman–Crippen LogP) is 1.29. The highest BCUT2D eigenvalue weighted by Gasteiger charge is 2.22. The Kier molecular flexibility index (Phi) is 5.66. The molecule has 0 bridgehead atoms. The van der Waals surface area contributed by atoms with Crippen LogP contribution < -0.4 is 5.43 Å². The number of hydrogen-bond donors (Lipinski definition) is 1. The summed E-state index contributed by atoms with van der Waals surface area (Å²) in [5.41, 5.74) is 3.23. The maximum absolute atomic E-state index is 11.7. The van der Waals surface area contributed by atoms with Crippen LogP contribution in [0.25, 0.3) is 0 Å². The Morgan fingerprint density at radius 1 is 1.12 bits per heavy atom. The molecule has 5 nitrogen and oxygen atoms in total. The second-order valence-corrected chi connectivity index (χ2v) is 4.18. The van der Waals surface area contributed by atoms with E-state index in [0.717, 1.165) is 37.8 Å². The summed E-state index contributed by atoms with van der Waals surface area (Å²) in [5, 5.41) is 3.95. The first kappa shape index (κ1) is 13.7. The van der Waals surface area contributed by atoms with E-state index in [1.165, 1.54) is 0 Å². The minimum atomic E-state index is -0.619. The SMILES string of the molecule is CCC(CC)=NNC(=O)C(=O)N1CCCCC1. The Morgan fingerprint density at radius 2 is 1.71 bits per heavy atom. The van der Waals surface area contributed by atoms with E-state index in [1.807, 2.05) is 13.8 Å². The molecule has 1 aliphatic rings. The lowest BCUT2D eigenvalue weighted by atomic mass is 10.1. The smallest absolute Gasteiger partial charge is 0.329 e. The summed E-state index contributed by atoms with van der Waals surface area (Å²) in [7, 11) is 0. The van der Waals surface area contributed by atoms with Crippen molar-refractivity contribution in [3.63, 3.8) is 0 Å². The number of amides is 2. The molecule has 0 radical (unpaired) electrons. The molecule has 2 amide bonds. The molecule has 17 heavy (non-hydrogen) atoms. The molecule has 1 heterocycles. The molecule has 0 atom stereocenters. The first-order valence-electron chi connectivity index (χ1n) is 6.33. The standard InChI is InChI=1S/C12H21N3O2/c1-3-10(4-2)13-14-11(16)12(17)15-8-6-5-7-9-15/h3-9H2,1-2H3,(H,14,16). The van der Waals surface area contributed by atoms with E-state index in [1.54, 1.807) is 4.90 Å². The zero-order valence-corrected chi connectivity index (χ0v) is 10.7. The van der Waals surface area contributed by atoms with E-state index >= 15 is 0 Å². The van der Waals surface area contributed by atoms with Crippen molar-refractivity contribution < 1.29 is 9.59 Å². The van der Waals surface area contributed by atoms with Crippen molar-refractivity contribution in [3.8, 4) is 0 Å². The Bertz CT molecular complexity index is 301. The molecule has 1 N–H and O–H groups in total. The maximum Gasteiger partial charge on any atom is 0.329 e. The Morgan fingerprint density at radius 3 is 2.24 bits per heavy atom. The number of carbonyl (C=O) groups is 2. The summed E-state index contributed by atoms with van der Waals surface area (Å²) < 4.78 is 0. The van der Waals surface area contributed by atoms with Crippen LogP contribution in [0.15, 0.2) is 5.10 Å². The summed E-state index contributed by atoms with van der Waals surface area (Å²) >= 11 is 0. The third kappa shape index (κ3) is 4.17. The largest absolute Gasteiger partial charge is 0.334 e. The van der Waals surface area contributed by atoms with Gasteiger partial charge in [-0.05, 0) is 32.1 Å². The van der Waals surface area contributed by atoms with E-state index in [9.17, 15) is 9.59 Å². The molecule has 1 rings (SSSR count). The fourth-order valence-corrected chi connectivity index (χ4v) is 1.83. The van der Waals surface area contributed by atoms with Crippen LogP contribution in [-0.4, -0.2) is 35.5 Å². The zero-order valence-electron chi connectivity index (χ0n) is 10.7. The number of nitrogens with one attached hydrogen (secondary N) is 1.